The number of rotatable bonds is 2. The van der Waals surface area contributed by atoms with Crippen molar-refractivity contribution in [3.8, 4) is 11.4 Å². The molecule has 5 aromatic carbocycles. The topological polar surface area (TPSA) is 14.3 Å². The molecule has 10 aromatic rings. The van der Waals surface area contributed by atoms with Crippen LogP contribution in [-0.2, 0) is 0 Å². The van der Waals surface area contributed by atoms with E-state index in [4.69, 9.17) is 0 Å². The average Bonchev–Trinajstić information content (AvgIpc) is 3.75. The van der Waals surface area contributed by atoms with E-state index in [0.717, 1.165) is 0 Å². The fraction of sp³-hybridized carbons (Fsp3) is 0. The van der Waals surface area contributed by atoms with Gasteiger partial charge in [0.25, 0.3) is 0 Å². The Bertz CT molecular complexity index is 2630. The first-order valence-corrected chi connectivity index (χ1v) is 14.1. The minimum atomic E-state index is 1.18. The van der Waals surface area contributed by atoms with E-state index in [9.17, 15) is 0 Å². The van der Waals surface area contributed by atoms with Crippen LogP contribution >= 0.6 is 0 Å². The molecular weight excluding hydrogens is 498 g/mol. The largest absolute Gasteiger partial charge is 0.309 e. The molecule has 0 N–H and O–H groups in total. The molecule has 10 rings (SSSR count). The normalized spacial score (nSPS) is 12.4. The van der Waals surface area contributed by atoms with Gasteiger partial charge in [0, 0.05) is 43.7 Å². The van der Waals surface area contributed by atoms with E-state index >= 15 is 0 Å². The average molecular weight is 522 g/mol. The summed E-state index contributed by atoms with van der Waals surface area (Å²) in [6, 6.07) is 50.8. The fourth-order valence-electron chi connectivity index (χ4n) is 7.37. The molecular formula is C38H23N3. The van der Waals surface area contributed by atoms with Gasteiger partial charge in [0.05, 0.1) is 38.6 Å². The molecule has 0 atom stereocenters. The van der Waals surface area contributed by atoms with Gasteiger partial charge in [-0.05, 0) is 54.6 Å². The predicted octanol–water partition coefficient (Wildman–Crippen LogP) is 9.88. The third-order valence-corrected chi connectivity index (χ3v) is 8.95. The van der Waals surface area contributed by atoms with Crippen LogP contribution in [0.15, 0.2) is 140 Å². The standard InChI is InChI=1S/C38H23N3/c1-2-11-24(12-3-1)39-31-17-8-6-14-27(31)30-23-25(21-22-34(30)39)40-33-18-9-7-16-29(33)36-37-28-15-5-4-13-26(28)32-19-10-20-35(38(36)40)41(32)37/h1-23H. The zero-order valence-electron chi connectivity index (χ0n) is 22.1. The summed E-state index contributed by atoms with van der Waals surface area (Å²) in [6.07, 6.45) is 0. The molecule has 0 spiro atoms. The van der Waals surface area contributed by atoms with E-state index in [0.29, 0.717) is 0 Å². The van der Waals surface area contributed by atoms with Crippen molar-refractivity contribution in [2.75, 3.05) is 0 Å². The summed E-state index contributed by atoms with van der Waals surface area (Å²) in [6.45, 7) is 0. The van der Waals surface area contributed by atoms with Crippen LogP contribution in [0.2, 0.25) is 0 Å². The minimum absolute atomic E-state index is 1.18. The molecule has 0 saturated carbocycles. The van der Waals surface area contributed by atoms with Gasteiger partial charge in [-0.2, -0.15) is 0 Å². The van der Waals surface area contributed by atoms with Crippen LogP contribution in [0.1, 0.15) is 0 Å². The second-order valence-corrected chi connectivity index (χ2v) is 11.0. The lowest BCUT2D eigenvalue weighted by molar-refractivity contribution is 1.17. The quantitative estimate of drug-likeness (QED) is 0.215. The van der Waals surface area contributed by atoms with Crippen LogP contribution in [0.25, 0.3) is 82.3 Å². The number of hydrogen-bond donors (Lipinski definition) is 0. The van der Waals surface area contributed by atoms with Crippen molar-refractivity contribution >= 4 is 70.9 Å². The maximum absolute atomic E-state index is 2.48. The summed E-state index contributed by atoms with van der Waals surface area (Å²) in [5, 5.41) is 7.75. The van der Waals surface area contributed by atoms with Crippen molar-refractivity contribution in [1.82, 2.24) is 13.5 Å². The van der Waals surface area contributed by atoms with Crippen molar-refractivity contribution in [3.05, 3.63) is 140 Å². The molecule has 0 aliphatic rings. The molecule has 0 saturated heterocycles. The maximum atomic E-state index is 2.48. The molecule has 190 valence electrons. The third-order valence-electron chi connectivity index (χ3n) is 8.95. The molecule has 0 amide bonds. The Morgan fingerprint density at radius 1 is 0.317 bits per heavy atom. The molecule has 0 fully saturated rings. The highest BCUT2D eigenvalue weighted by molar-refractivity contribution is 6.30. The number of para-hydroxylation sites is 3. The van der Waals surface area contributed by atoms with Gasteiger partial charge in [0.1, 0.15) is 0 Å². The molecule has 3 nitrogen and oxygen atoms in total. The second kappa shape index (κ2) is 7.56. The fourth-order valence-corrected chi connectivity index (χ4v) is 7.37. The second-order valence-electron chi connectivity index (χ2n) is 11.0. The van der Waals surface area contributed by atoms with Gasteiger partial charge in [-0.25, -0.2) is 0 Å². The number of benzene rings is 5. The van der Waals surface area contributed by atoms with Crippen LogP contribution in [0, 0.1) is 0 Å². The summed E-state index contributed by atoms with van der Waals surface area (Å²) in [4.78, 5) is 0. The molecule has 0 aliphatic heterocycles. The monoisotopic (exact) mass is 521 g/mol. The van der Waals surface area contributed by atoms with E-state index in [1.165, 1.54) is 82.3 Å². The zero-order chi connectivity index (χ0) is 26.7. The Kier molecular flexibility index (Phi) is 3.93. The van der Waals surface area contributed by atoms with Gasteiger partial charge in [-0.1, -0.05) is 84.9 Å². The summed E-state index contributed by atoms with van der Waals surface area (Å²) in [5.41, 5.74) is 11.1. The molecule has 41 heavy (non-hydrogen) atoms. The highest BCUT2D eigenvalue weighted by Crippen LogP contribution is 2.45. The number of aromatic nitrogens is 3. The molecule has 5 aromatic heterocycles. The Balaban J connectivity index is 1.38. The van der Waals surface area contributed by atoms with Gasteiger partial charge >= 0.3 is 0 Å². The van der Waals surface area contributed by atoms with Crippen LogP contribution < -0.4 is 0 Å². The number of fused-ring (bicyclic) bond motifs is 11. The predicted molar refractivity (Wildman–Crippen MR) is 172 cm³/mol. The number of nitrogens with zero attached hydrogens (tertiary/aromatic N) is 3. The lowest BCUT2D eigenvalue weighted by Crippen LogP contribution is -1.96. The summed E-state index contributed by atoms with van der Waals surface area (Å²) < 4.78 is 7.33. The molecule has 5 heterocycles. The molecule has 0 bridgehead atoms. The van der Waals surface area contributed by atoms with E-state index in [-0.39, 0.29) is 0 Å². The van der Waals surface area contributed by atoms with Gasteiger partial charge in [-0.3, -0.25) is 0 Å². The lowest BCUT2D eigenvalue weighted by Gasteiger charge is -2.10. The van der Waals surface area contributed by atoms with E-state index in [1.54, 1.807) is 0 Å². The van der Waals surface area contributed by atoms with Crippen molar-refractivity contribution in [3.63, 3.8) is 0 Å². The van der Waals surface area contributed by atoms with E-state index in [1.807, 2.05) is 0 Å². The first kappa shape index (κ1) is 21.3. The zero-order valence-corrected chi connectivity index (χ0v) is 22.1. The van der Waals surface area contributed by atoms with Crippen LogP contribution in [0.5, 0.6) is 0 Å². The lowest BCUT2D eigenvalue weighted by atomic mass is 10.1. The Labute approximate surface area is 235 Å². The van der Waals surface area contributed by atoms with Gasteiger partial charge in [-0.15, -0.1) is 0 Å². The van der Waals surface area contributed by atoms with Gasteiger partial charge < -0.3 is 13.5 Å². The number of hydrogen-bond acceptors (Lipinski definition) is 0. The first-order chi connectivity index (χ1) is 20.4. The Morgan fingerprint density at radius 3 is 1.71 bits per heavy atom. The Hall–Kier alpha value is -5.54. The molecule has 3 heteroatoms. The first-order valence-electron chi connectivity index (χ1n) is 14.1. The van der Waals surface area contributed by atoms with E-state index in [2.05, 4.69) is 153 Å². The van der Waals surface area contributed by atoms with E-state index < -0.39 is 0 Å². The highest BCUT2D eigenvalue weighted by Gasteiger charge is 2.24. The van der Waals surface area contributed by atoms with Crippen molar-refractivity contribution in [2.24, 2.45) is 0 Å². The smallest absolute Gasteiger partial charge is 0.0803 e. The van der Waals surface area contributed by atoms with Crippen LogP contribution in [0.3, 0.4) is 0 Å². The third kappa shape index (κ3) is 2.59. The number of pyridine rings is 1. The SMILES string of the molecule is c1ccc(-n2c3ccccc3c3cc(-n4c5ccccc5c5c4c4cccc6c7ccccc7c5n64)ccc32)cc1. The van der Waals surface area contributed by atoms with Crippen molar-refractivity contribution in [2.45, 2.75) is 0 Å². The summed E-state index contributed by atoms with van der Waals surface area (Å²) >= 11 is 0. The van der Waals surface area contributed by atoms with Crippen molar-refractivity contribution < 1.29 is 0 Å². The maximum Gasteiger partial charge on any atom is 0.0803 e. The van der Waals surface area contributed by atoms with Crippen LogP contribution in [-0.4, -0.2) is 13.5 Å². The molecule has 0 unspecified atom stereocenters. The highest BCUT2D eigenvalue weighted by atomic mass is 15.0. The molecule has 0 radical (unpaired) electrons. The molecule has 0 aliphatic carbocycles. The van der Waals surface area contributed by atoms with Crippen molar-refractivity contribution in [1.29, 1.82) is 0 Å². The Morgan fingerprint density at radius 2 is 0.902 bits per heavy atom. The van der Waals surface area contributed by atoms with Gasteiger partial charge in [0.15, 0.2) is 0 Å². The summed E-state index contributed by atoms with van der Waals surface area (Å²) in [5.74, 6) is 0. The van der Waals surface area contributed by atoms with Crippen LogP contribution in [0.4, 0.5) is 0 Å². The summed E-state index contributed by atoms with van der Waals surface area (Å²) in [7, 11) is 0. The minimum Gasteiger partial charge on any atom is -0.309 e. The van der Waals surface area contributed by atoms with Gasteiger partial charge in [0.2, 0.25) is 0 Å².